The highest BCUT2D eigenvalue weighted by molar-refractivity contribution is 7.15. The SMILES string of the molecule is CC(=O)c1ncc(C(=O)N2CCC(C(C)N3CCN(C)CC3)CC2)s1. The van der Waals surface area contributed by atoms with Crippen LogP contribution in [0.4, 0.5) is 0 Å². The average molecular weight is 365 g/mol. The smallest absolute Gasteiger partial charge is 0.265 e. The van der Waals surface area contributed by atoms with Gasteiger partial charge in [-0.15, -0.1) is 11.3 Å². The van der Waals surface area contributed by atoms with Crippen molar-refractivity contribution in [2.75, 3.05) is 46.3 Å². The van der Waals surface area contributed by atoms with E-state index in [-0.39, 0.29) is 11.7 Å². The third kappa shape index (κ3) is 4.27. The van der Waals surface area contributed by atoms with E-state index in [0.29, 0.717) is 21.8 Å². The molecule has 2 aliphatic rings. The van der Waals surface area contributed by atoms with Crippen molar-refractivity contribution in [1.29, 1.82) is 0 Å². The van der Waals surface area contributed by atoms with Gasteiger partial charge in [-0.1, -0.05) is 0 Å². The second kappa shape index (κ2) is 7.93. The molecule has 1 aromatic rings. The van der Waals surface area contributed by atoms with Gasteiger partial charge < -0.3 is 9.80 Å². The molecule has 0 N–H and O–H groups in total. The quantitative estimate of drug-likeness (QED) is 0.763. The number of hydrogen-bond acceptors (Lipinski definition) is 6. The number of piperazine rings is 1. The number of nitrogens with zero attached hydrogens (tertiary/aromatic N) is 4. The van der Waals surface area contributed by atoms with Gasteiger partial charge in [-0.3, -0.25) is 14.5 Å². The van der Waals surface area contributed by atoms with Crippen molar-refractivity contribution < 1.29 is 9.59 Å². The number of likely N-dealkylation sites (tertiary alicyclic amines) is 1. The molecule has 0 aromatic carbocycles. The summed E-state index contributed by atoms with van der Waals surface area (Å²) in [4.78, 5) is 35.5. The van der Waals surface area contributed by atoms with Gasteiger partial charge in [-0.2, -0.15) is 0 Å². The van der Waals surface area contributed by atoms with Gasteiger partial charge in [0.15, 0.2) is 10.8 Å². The number of hydrogen-bond donors (Lipinski definition) is 0. The maximum Gasteiger partial charge on any atom is 0.265 e. The molecule has 1 unspecified atom stereocenters. The minimum atomic E-state index is -0.0799. The van der Waals surface area contributed by atoms with Crippen molar-refractivity contribution in [3.63, 3.8) is 0 Å². The van der Waals surface area contributed by atoms with Gasteiger partial charge in [0.2, 0.25) is 0 Å². The van der Waals surface area contributed by atoms with Gasteiger partial charge in [0.25, 0.3) is 5.91 Å². The van der Waals surface area contributed by atoms with Crippen molar-refractivity contribution in [2.24, 2.45) is 5.92 Å². The Balaban J connectivity index is 1.52. The van der Waals surface area contributed by atoms with E-state index >= 15 is 0 Å². The number of piperidine rings is 1. The number of rotatable bonds is 4. The number of ketones is 1. The minimum Gasteiger partial charge on any atom is -0.338 e. The van der Waals surface area contributed by atoms with E-state index in [2.05, 4.69) is 28.8 Å². The highest BCUT2D eigenvalue weighted by Crippen LogP contribution is 2.26. The standard InChI is InChI=1S/C18H28N4O2S/c1-13(21-10-8-20(3)9-11-21)15-4-6-22(7-5-15)18(24)16-12-19-17(25-16)14(2)23/h12-13,15H,4-11H2,1-3H3. The zero-order valence-corrected chi connectivity index (χ0v) is 16.2. The van der Waals surface area contributed by atoms with Crippen molar-refractivity contribution in [1.82, 2.24) is 19.7 Å². The van der Waals surface area contributed by atoms with Crippen molar-refractivity contribution >= 4 is 23.0 Å². The van der Waals surface area contributed by atoms with E-state index in [1.54, 1.807) is 6.20 Å². The number of likely N-dealkylation sites (N-methyl/N-ethyl adjacent to an activating group) is 1. The highest BCUT2D eigenvalue weighted by atomic mass is 32.1. The van der Waals surface area contributed by atoms with Crippen LogP contribution in [-0.2, 0) is 0 Å². The van der Waals surface area contributed by atoms with Crippen LogP contribution in [0.5, 0.6) is 0 Å². The van der Waals surface area contributed by atoms with Crippen LogP contribution >= 0.6 is 11.3 Å². The Morgan fingerprint density at radius 1 is 1.16 bits per heavy atom. The molecule has 138 valence electrons. The van der Waals surface area contributed by atoms with Gasteiger partial charge in [0.05, 0.1) is 6.20 Å². The van der Waals surface area contributed by atoms with Crippen LogP contribution < -0.4 is 0 Å². The minimum absolute atomic E-state index is 0.0238. The molecule has 1 aromatic heterocycles. The second-order valence-corrected chi connectivity index (χ2v) is 8.33. The van der Waals surface area contributed by atoms with E-state index in [1.165, 1.54) is 18.3 Å². The Morgan fingerprint density at radius 2 is 1.80 bits per heavy atom. The summed E-state index contributed by atoms with van der Waals surface area (Å²) in [5.41, 5.74) is 0. The number of thiazole rings is 1. The van der Waals surface area contributed by atoms with Crippen LogP contribution in [0, 0.1) is 5.92 Å². The fourth-order valence-electron chi connectivity index (χ4n) is 3.80. The molecule has 0 saturated carbocycles. The molecule has 1 amide bonds. The van der Waals surface area contributed by atoms with Crippen LogP contribution in [0.1, 0.15) is 46.2 Å². The lowest BCUT2D eigenvalue weighted by Gasteiger charge is -2.42. The fourth-order valence-corrected chi connectivity index (χ4v) is 4.58. The maximum absolute atomic E-state index is 12.6. The van der Waals surface area contributed by atoms with Gasteiger partial charge in [0.1, 0.15) is 4.88 Å². The number of aromatic nitrogens is 1. The molecule has 0 bridgehead atoms. The number of amides is 1. The number of Topliss-reactive ketones (excluding diaryl/α,β-unsaturated/α-hetero) is 1. The molecule has 2 fully saturated rings. The van der Waals surface area contributed by atoms with Gasteiger partial charge in [0, 0.05) is 52.2 Å². The first-order chi connectivity index (χ1) is 12.0. The Labute approximate surface area is 153 Å². The summed E-state index contributed by atoms with van der Waals surface area (Å²) in [7, 11) is 2.18. The topological polar surface area (TPSA) is 56.8 Å². The largest absolute Gasteiger partial charge is 0.338 e. The molecule has 2 aliphatic heterocycles. The second-order valence-electron chi connectivity index (χ2n) is 7.30. The normalized spacial score (nSPS) is 22.1. The molecule has 0 aliphatic carbocycles. The summed E-state index contributed by atoms with van der Waals surface area (Å²) in [5.74, 6) is 0.598. The third-order valence-corrected chi connectivity index (χ3v) is 6.73. The Morgan fingerprint density at radius 3 is 2.36 bits per heavy atom. The lowest BCUT2D eigenvalue weighted by atomic mass is 9.89. The summed E-state index contributed by atoms with van der Waals surface area (Å²) in [6.07, 6.45) is 3.65. The highest BCUT2D eigenvalue weighted by Gasteiger charge is 2.31. The van der Waals surface area contributed by atoms with Crippen LogP contribution in [0.15, 0.2) is 6.20 Å². The van der Waals surface area contributed by atoms with Crippen LogP contribution in [-0.4, -0.2) is 83.7 Å². The summed E-state index contributed by atoms with van der Waals surface area (Å²) in [6, 6.07) is 0.582. The molecule has 1 atom stereocenters. The first kappa shape index (κ1) is 18.5. The van der Waals surface area contributed by atoms with E-state index < -0.39 is 0 Å². The molecule has 3 rings (SSSR count). The predicted molar refractivity (Wildman–Crippen MR) is 99.3 cm³/mol. The molecule has 7 heteroatoms. The van der Waals surface area contributed by atoms with Crippen molar-refractivity contribution in [3.05, 3.63) is 16.1 Å². The molecular formula is C18H28N4O2S. The number of carbonyl (C=O) groups is 2. The number of carbonyl (C=O) groups excluding carboxylic acids is 2. The lowest BCUT2D eigenvalue weighted by molar-refractivity contribution is 0.0503. The van der Waals surface area contributed by atoms with Gasteiger partial charge >= 0.3 is 0 Å². The molecule has 3 heterocycles. The summed E-state index contributed by atoms with van der Waals surface area (Å²) in [5, 5.41) is 0.418. The molecule has 0 radical (unpaired) electrons. The van der Waals surface area contributed by atoms with Crippen molar-refractivity contribution in [2.45, 2.75) is 32.7 Å². The fraction of sp³-hybridized carbons (Fsp3) is 0.722. The Hall–Kier alpha value is -1.31. The summed E-state index contributed by atoms with van der Waals surface area (Å²) >= 11 is 1.21. The van der Waals surface area contributed by atoms with Crippen molar-refractivity contribution in [3.8, 4) is 0 Å². The molecule has 2 saturated heterocycles. The maximum atomic E-state index is 12.6. The molecular weight excluding hydrogens is 336 g/mol. The molecule has 0 spiro atoms. The molecule has 6 nitrogen and oxygen atoms in total. The first-order valence-corrected chi connectivity index (χ1v) is 9.96. The van der Waals surface area contributed by atoms with E-state index in [0.717, 1.165) is 52.1 Å². The van der Waals surface area contributed by atoms with E-state index in [4.69, 9.17) is 0 Å². The molecule has 25 heavy (non-hydrogen) atoms. The van der Waals surface area contributed by atoms with Crippen LogP contribution in [0.25, 0.3) is 0 Å². The predicted octanol–water partition coefficient (Wildman–Crippen LogP) is 1.83. The Kier molecular flexibility index (Phi) is 5.86. The monoisotopic (exact) mass is 364 g/mol. The summed E-state index contributed by atoms with van der Waals surface area (Å²) < 4.78 is 0. The van der Waals surface area contributed by atoms with Gasteiger partial charge in [-0.05, 0) is 32.7 Å². The van der Waals surface area contributed by atoms with Crippen LogP contribution in [0.3, 0.4) is 0 Å². The van der Waals surface area contributed by atoms with E-state index in [9.17, 15) is 9.59 Å². The Bertz CT molecular complexity index is 616. The third-order valence-electron chi connectivity index (χ3n) is 5.64. The lowest BCUT2D eigenvalue weighted by Crippen LogP contribution is -2.52. The summed E-state index contributed by atoms with van der Waals surface area (Å²) in [6.45, 7) is 10.0. The van der Waals surface area contributed by atoms with Gasteiger partial charge in [-0.25, -0.2) is 4.98 Å². The van der Waals surface area contributed by atoms with E-state index in [1.807, 2.05) is 4.90 Å². The zero-order valence-electron chi connectivity index (χ0n) is 15.4. The first-order valence-electron chi connectivity index (χ1n) is 9.14. The zero-order chi connectivity index (χ0) is 18.0. The van der Waals surface area contributed by atoms with Crippen LogP contribution in [0.2, 0.25) is 0 Å². The average Bonchev–Trinajstić information content (AvgIpc) is 3.12.